The van der Waals surface area contributed by atoms with Gasteiger partial charge in [-0.2, -0.15) is 0 Å². The molecule has 2 rings (SSSR count). The lowest BCUT2D eigenvalue weighted by Gasteiger charge is -2.08. The normalized spacial score (nSPS) is 10.5. The molecule has 5 heteroatoms. The molecule has 0 spiro atoms. The highest BCUT2D eigenvalue weighted by Gasteiger charge is 2.06. The van der Waals surface area contributed by atoms with Crippen LogP contribution in [0.15, 0.2) is 36.4 Å². The minimum absolute atomic E-state index is 0.0567. The van der Waals surface area contributed by atoms with Gasteiger partial charge in [-0.3, -0.25) is 0 Å². The first-order chi connectivity index (χ1) is 9.06. The van der Waals surface area contributed by atoms with E-state index in [1.54, 1.807) is 0 Å². The van der Waals surface area contributed by atoms with Crippen molar-refractivity contribution in [1.29, 1.82) is 0 Å². The van der Waals surface area contributed by atoms with Crippen LogP contribution in [0.25, 0.3) is 0 Å². The first-order valence-corrected chi connectivity index (χ1v) is 6.06. The molecule has 0 saturated heterocycles. The predicted molar refractivity (Wildman–Crippen MR) is 71.4 cm³/mol. The zero-order valence-electron chi connectivity index (χ0n) is 10.00. The summed E-state index contributed by atoms with van der Waals surface area (Å²) in [5.74, 6) is -0.289. The largest absolute Gasteiger partial charge is 0.493 e. The first kappa shape index (κ1) is 13.6. The number of rotatable bonds is 4. The Bertz CT molecular complexity index is 572. The summed E-state index contributed by atoms with van der Waals surface area (Å²) in [6.45, 7) is 0.344. The summed E-state index contributed by atoms with van der Waals surface area (Å²) in [5, 5.41) is 0.314. The number of anilines is 1. The zero-order chi connectivity index (χ0) is 13.8. The smallest absolute Gasteiger partial charge is 0.147 e. The Morgan fingerprint density at radius 2 is 1.79 bits per heavy atom. The van der Waals surface area contributed by atoms with E-state index in [-0.39, 0.29) is 11.5 Å². The molecule has 0 aliphatic carbocycles. The van der Waals surface area contributed by atoms with Crippen molar-refractivity contribution in [1.82, 2.24) is 0 Å². The van der Waals surface area contributed by atoms with Gasteiger partial charge in [-0.05, 0) is 42.0 Å². The lowest BCUT2D eigenvalue weighted by atomic mass is 10.1. The van der Waals surface area contributed by atoms with Crippen molar-refractivity contribution < 1.29 is 13.5 Å². The average Bonchev–Trinajstić information content (AvgIpc) is 2.38. The maximum Gasteiger partial charge on any atom is 0.147 e. The summed E-state index contributed by atoms with van der Waals surface area (Å²) in [7, 11) is 0. The van der Waals surface area contributed by atoms with E-state index < -0.39 is 5.82 Å². The van der Waals surface area contributed by atoms with E-state index in [1.807, 2.05) is 0 Å². The van der Waals surface area contributed by atoms with E-state index in [1.165, 1.54) is 36.4 Å². The fourth-order valence-electron chi connectivity index (χ4n) is 1.61. The Labute approximate surface area is 114 Å². The highest BCUT2D eigenvalue weighted by molar-refractivity contribution is 6.31. The SMILES string of the molecule is Nc1cc(CCOc2ccc(F)cc2)c(Cl)cc1F. The van der Waals surface area contributed by atoms with Crippen molar-refractivity contribution in [2.45, 2.75) is 6.42 Å². The van der Waals surface area contributed by atoms with Gasteiger partial charge in [0.05, 0.1) is 12.3 Å². The van der Waals surface area contributed by atoms with Crippen molar-refractivity contribution in [3.63, 3.8) is 0 Å². The number of hydrogen-bond acceptors (Lipinski definition) is 2. The van der Waals surface area contributed by atoms with Gasteiger partial charge < -0.3 is 10.5 Å². The first-order valence-electron chi connectivity index (χ1n) is 5.68. The molecular weight excluding hydrogens is 272 g/mol. The van der Waals surface area contributed by atoms with Gasteiger partial charge in [0.1, 0.15) is 17.4 Å². The van der Waals surface area contributed by atoms with Crippen LogP contribution in [-0.2, 0) is 6.42 Å². The maximum absolute atomic E-state index is 13.1. The van der Waals surface area contributed by atoms with E-state index in [9.17, 15) is 8.78 Å². The summed E-state index contributed by atoms with van der Waals surface area (Å²) in [6, 6.07) is 8.39. The molecule has 0 aliphatic heterocycles. The van der Waals surface area contributed by atoms with Crippen molar-refractivity contribution in [2.75, 3.05) is 12.3 Å². The lowest BCUT2D eigenvalue weighted by Crippen LogP contribution is -2.03. The molecule has 19 heavy (non-hydrogen) atoms. The van der Waals surface area contributed by atoms with Gasteiger partial charge in [-0.1, -0.05) is 11.6 Å². The second-order valence-corrected chi connectivity index (χ2v) is 4.42. The molecule has 2 aromatic carbocycles. The Kier molecular flexibility index (Phi) is 4.22. The standard InChI is InChI=1S/C14H12ClF2NO/c15-12-8-13(17)14(18)7-9(12)5-6-19-11-3-1-10(16)2-4-11/h1-4,7-8H,5-6,18H2. The maximum atomic E-state index is 13.1. The lowest BCUT2D eigenvalue weighted by molar-refractivity contribution is 0.321. The Morgan fingerprint density at radius 1 is 1.11 bits per heavy atom. The Balaban J connectivity index is 1.96. The predicted octanol–water partition coefficient (Wildman–Crippen LogP) is 3.82. The molecule has 0 atom stereocenters. The molecule has 0 unspecified atom stereocenters. The fraction of sp³-hybridized carbons (Fsp3) is 0.143. The van der Waals surface area contributed by atoms with Crippen LogP contribution in [0.5, 0.6) is 5.75 Å². The summed E-state index contributed by atoms with van der Waals surface area (Å²) >= 11 is 5.90. The molecule has 2 nitrogen and oxygen atoms in total. The van der Waals surface area contributed by atoms with Crippen molar-refractivity contribution in [3.8, 4) is 5.75 Å². The van der Waals surface area contributed by atoms with Gasteiger partial charge in [0, 0.05) is 11.4 Å². The van der Waals surface area contributed by atoms with Crippen LogP contribution in [0.1, 0.15) is 5.56 Å². The Morgan fingerprint density at radius 3 is 2.47 bits per heavy atom. The van der Waals surface area contributed by atoms with Crippen LogP contribution in [0.4, 0.5) is 14.5 Å². The van der Waals surface area contributed by atoms with E-state index in [4.69, 9.17) is 22.1 Å². The van der Waals surface area contributed by atoms with E-state index in [0.717, 1.165) is 0 Å². The second kappa shape index (κ2) is 5.89. The third kappa shape index (κ3) is 3.58. The number of hydrogen-bond donors (Lipinski definition) is 1. The van der Waals surface area contributed by atoms with Crippen molar-refractivity contribution >= 4 is 17.3 Å². The number of benzene rings is 2. The minimum Gasteiger partial charge on any atom is -0.493 e. The summed E-state index contributed by atoms with van der Waals surface area (Å²) < 4.78 is 31.2. The molecule has 0 aliphatic rings. The molecule has 0 bridgehead atoms. The number of halogens is 3. The molecule has 2 aromatic rings. The number of nitrogen functional groups attached to an aromatic ring is 1. The number of nitrogens with two attached hydrogens (primary N) is 1. The van der Waals surface area contributed by atoms with Crippen LogP contribution in [0.3, 0.4) is 0 Å². The quantitative estimate of drug-likeness (QED) is 0.866. The molecule has 0 amide bonds. The van der Waals surface area contributed by atoms with Gasteiger partial charge in [0.2, 0.25) is 0 Å². The van der Waals surface area contributed by atoms with Crippen LogP contribution in [0.2, 0.25) is 5.02 Å². The molecule has 0 heterocycles. The molecule has 0 aromatic heterocycles. The van der Waals surface area contributed by atoms with E-state index >= 15 is 0 Å². The molecular formula is C14H12ClF2NO. The third-order valence-electron chi connectivity index (χ3n) is 2.62. The third-order valence-corrected chi connectivity index (χ3v) is 2.97. The second-order valence-electron chi connectivity index (χ2n) is 4.02. The van der Waals surface area contributed by atoms with Crippen LogP contribution >= 0.6 is 11.6 Å². The molecule has 0 radical (unpaired) electrons. The Hall–Kier alpha value is -1.81. The van der Waals surface area contributed by atoms with Gasteiger partial charge >= 0.3 is 0 Å². The van der Waals surface area contributed by atoms with Crippen LogP contribution in [0, 0.1) is 11.6 Å². The molecule has 2 N–H and O–H groups in total. The molecule has 0 saturated carbocycles. The van der Waals surface area contributed by atoms with Crippen LogP contribution in [-0.4, -0.2) is 6.61 Å². The summed E-state index contributed by atoms with van der Waals surface area (Å²) in [6.07, 6.45) is 0.487. The highest BCUT2D eigenvalue weighted by Crippen LogP contribution is 2.23. The minimum atomic E-state index is -0.534. The van der Waals surface area contributed by atoms with Crippen molar-refractivity contribution in [2.24, 2.45) is 0 Å². The fourth-order valence-corrected chi connectivity index (χ4v) is 1.86. The van der Waals surface area contributed by atoms with E-state index in [2.05, 4.69) is 0 Å². The summed E-state index contributed by atoms with van der Waals surface area (Å²) in [5.41, 5.74) is 6.24. The molecule has 100 valence electrons. The van der Waals surface area contributed by atoms with Gasteiger partial charge in [-0.25, -0.2) is 8.78 Å². The average molecular weight is 284 g/mol. The van der Waals surface area contributed by atoms with Crippen molar-refractivity contribution in [3.05, 3.63) is 58.6 Å². The topological polar surface area (TPSA) is 35.2 Å². The zero-order valence-corrected chi connectivity index (χ0v) is 10.8. The monoisotopic (exact) mass is 283 g/mol. The van der Waals surface area contributed by atoms with Gasteiger partial charge in [0.15, 0.2) is 0 Å². The van der Waals surface area contributed by atoms with Gasteiger partial charge in [0.25, 0.3) is 0 Å². The van der Waals surface area contributed by atoms with E-state index in [0.29, 0.717) is 29.4 Å². The summed E-state index contributed by atoms with van der Waals surface area (Å²) in [4.78, 5) is 0. The van der Waals surface area contributed by atoms with Gasteiger partial charge in [-0.15, -0.1) is 0 Å². The highest BCUT2D eigenvalue weighted by atomic mass is 35.5. The molecule has 0 fully saturated rings. The number of ether oxygens (including phenoxy) is 1. The van der Waals surface area contributed by atoms with Crippen LogP contribution < -0.4 is 10.5 Å².